The summed E-state index contributed by atoms with van der Waals surface area (Å²) in [6, 6.07) is 5.31. The van der Waals surface area contributed by atoms with Crippen LogP contribution < -0.4 is 5.32 Å². The molecule has 0 aromatic heterocycles. The first kappa shape index (κ1) is 13.8. The van der Waals surface area contributed by atoms with Crippen LogP contribution in [-0.2, 0) is 6.42 Å². The normalized spacial score (nSPS) is 16.8. The predicted molar refractivity (Wildman–Crippen MR) is 74.5 cm³/mol. The number of nitrogens with one attached hydrogen (secondary N) is 1. The molecule has 2 rings (SSSR count). The lowest BCUT2D eigenvalue weighted by atomic mass is 10.0. The lowest BCUT2D eigenvalue weighted by molar-refractivity contribution is 0.435. The fourth-order valence-electron chi connectivity index (χ4n) is 2.37. The van der Waals surface area contributed by atoms with Gasteiger partial charge in [-0.05, 0) is 62.3 Å². The number of hydrogen-bond donors (Lipinski definition) is 1. The minimum absolute atomic E-state index is 0.258. The Kier molecular flexibility index (Phi) is 5.02. The van der Waals surface area contributed by atoms with Crippen molar-refractivity contribution in [2.75, 3.05) is 6.54 Å². The molecule has 0 spiro atoms. The van der Waals surface area contributed by atoms with Gasteiger partial charge in [0.1, 0.15) is 5.82 Å². The average Bonchev–Trinajstić information content (AvgIpc) is 3.15. The van der Waals surface area contributed by atoms with E-state index >= 15 is 0 Å². The summed E-state index contributed by atoms with van der Waals surface area (Å²) in [5, 5.41) is 4.17. The maximum Gasteiger partial charge on any atom is 0.124 e. The van der Waals surface area contributed by atoms with Crippen molar-refractivity contribution < 1.29 is 4.39 Å². The topological polar surface area (TPSA) is 12.0 Å². The zero-order valence-electron chi connectivity index (χ0n) is 10.9. The first-order chi connectivity index (χ1) is 8.70. The third kappa shape index (κ3) is 3.96. The molecule has 1 aromatic carbocycles. The van der Waals surface area contributed by atoms with E-state index in [4.69, 9.17) is 11.6 Å². The molecule has 1 aliphatic carbocycles. The molecule has 0 saturated heterocycles. The van der Waals surface area contributed by atoms with Gasteiger partial charge in [-0.25, -0.2) is 4.39 Å². The molecule has 1 aliphatic rings. The van der Waals surface area contributed by atoms with Gasteiger partial charge in [-0.2, -0.15) is 0 Å². The first-order valence-corrected chi connectivity index (χ1v) is 7.25. The van der Waals surface area contributed by atoms with Gasteiger partial charge >= 0.3 is 0 Å². The molecule has 1 atom stereocenters. The van der Waals surface area contributed by atoms with Crippen LogP contribution in [-0.4, -0.2) is 12.6 Å². The molecule has 1 unspecified atom stereocenters. The van der Waals surface area contributed by atoms with Crippen LogP contribution in [0.25, 0.3) is 0 Å². The zero-order valence-corrected chi connectivity index (χ0v) is 11.6. The molecule has 0 bridgehead atoms. The summed E-state index contributed by atoms with van der Waals surface area (Å²) in [5.41, 5.74) is 1.06. The predicted octanol–water partition coefficient (Wildman–Crippen LogP) is 4.19. The molecule has 1 nitrogen and oxygen atoms in total. The lowest BCUT2D eigenvalue weighted by Crippen LogP contribution is -2.32. The van der Waals surface area contributed by atoms with Crippen LogP contribution in [0.3, 0.4) is 0 Å². The van der Waals surface area contributed by atoms with Crippen molar-refractivity contribution in [1.82, 2.24) is 5.32 Å². The van der Waals surface area contributed by atoms with Gasteiger partial charge in [0.2, 0.25) is 0 Å². The summed E-state index contributed by atoms with van der Waals surface area (Å²) in [6.07, 6.45) is 5.88. The fraction of sp³-hybridized carbons (Fsp3) is 0.600. The summed E-state index contributed by atoms with van der Waals surface area (Å²) in [6.45, 7) is 3.27. The highest BCUT2D eigenvalue weighted by atomic mass is 35.5. The third-order valence-electron chi connectivity index (χ3n) is 3.59. The van der Waals surface area contributed by atoms with E-state index in [1.165, 1.54) is 31.4 Å². The minimum atomic E-state index is -0.258. The standard InChI is InChI=1S/C15H21ClFN/c1-2-9-18-15(12-3-4-12)8-6-11-5-7-13(17)10-14(11)16/h5,7,10,12,15,18H,2-4,6,8-9H2,1H3. The van der Waals surface area contributed by atoms with Gasteiger partial charge in [-0.3, -0.25) is 0 Å². The summed E-state index contributed by atoms with van der Waals surface area (Å²) in [4.78, 5) is 0. The Morgan fingerprint density at radius 3 is 2.83 bits per heavy atom. The quantitative estimate of drug-likeness (QED) is 0.783. The van der Waals surface area contributed by atoms with Crippen molar-refractivity contribution in [2.24, 2.45) is 5.92 Å². The number of aryl methyl sites for hydroxylation is 1. The van der Waals surface area contributed by atoms with E-state index in [0.29, 0.717) is 11.1 Å². The molecule has 3 heteroatoms. The van der Waals surface area contributed by atoms with Crippen molar-refractivity contribution >= 4 is 11.6 Å². The fourth-order valence-corrected chi connectivity index (χ4v) is 2.63. The molecule has 0 heterocycles. The molecule has 1 saturated carbocycles. The molecule has 1 fully saturated rings. The van der Waals surface area contributed by atoms with Crippen molar-refractivity contribution in [2.45, 2.75) is 45.1 Å². The summed E-state index contributed by atoms with van der Waals surface area (Å²) >= 11 is 6.05. The highest BCUT2D eigenvalue weighted by Crippen LogP contribution is 2.35. The summed E-state index contributed by atoms with van der Waals surface area (Å²) in [5.74, 6) is 0.586. The van der Waals surface area contributed by atoms with Crippen molar-refractivity contribution in [1.29, 1.82) is 0 Å². The largest absolute Gasteiger partial charge is 0.314 e. The smallest absolute Gasteiger partial charge is 0.124 e. The Labute approximate surface area is 114 Å². The summed E-state index contributed by atoms with van der Waals surface area (Å²) in [7, 11) is 0. The van der Waals surface area contributed by atoms with E-state index in [1.807, 2.05) is 0 Å². The number of rotatable bonds is 7. The maximum absolute atomic E-state index is 13.0. The van der Waals surface area contributed by atoms with Gasteiger partial charge in [0.25, 0.3) is 0 Å². The van der Waals surface area contributed by atoms with Crippen LogP contribution in [0.1, 0.15) is 38.2 Å². The molecule has 0 amide bonds. The van der Waals surface area contributed by atoms with Gasteiger partial charge in [0.05, 0.1) is 0 Å². The van der Waals surface area contributed by atoms with Crippen LogP contribution in [0.5, 0.6) is 0 Å². The minimum Gasteiger partial charge on any atom is -0.314 e. The van der Waals surface area contributed by atoms with E-state index in [2.05, 4.69) is 12.2 Å². The van der Waals surface area contributed by atoms with Crippen LogP contribution in [0, 0.1) is 11.7 Å². The lowest BCUT2D eigenvalue weighted by Gasteiger charge is -2.18. The van der Waals surface area contributed by atoms with Gasteiger partial charge in [0.15, 0.2) is 0 Å². The molecule has 1 N–H and O–H groups in total. The SMILES string of the molecule is CCCNC(CCc1ccc(F)cc1Cl)C1CC1. The first-order valence-electron chi connectivity index (χ1n) is 6.88. The van der Waals surface area contributed by atoms with Crippen LogP contribution in [0.4, 0.5) is 4.39 Å². The van der Waals surface area contributed by atoms with E-state index in [1.54, 1.807) is 6.07 Å². The van der Waals surface area contributed by atoms with Crippen molar-refractivity contribution in [3.63, 3.8) is 0 Å². The number of halogens is 2. The second-order valence-corrected chi connectivity index (χ2v) is 5.58. The Hall–Kier alpha value is -0.600. The van der Waals surface area contributed by atoms with E-state index in [-0.39, 0.29) is 5.82 Å². The number of hydrogen-bond acceptors (Lipinski definition) is 1. The summed E-state index contributed by atoms with van der Waals surface area (Å²) < 4.78 is 13.0. The molecule has 18 heavy (non-hydrogen) atoms. The highest BCUT2D eigenvalue weighted by molar-refractivity contribution is 6.31. The molecule has 0 aliphatic heterocycles. The van der Waals surface area contributed by atoms with Crippen molar-refractivity contribution in [3.8, 4) is 0 Å². The van der Waals surface area contributed by atoms with Gasteiger partial charge in [0, 0.05) is 11.1 Å². The molecular weight excluding hydrogens is 249 g/mol. The van der Waals surface area contributed by atoms with Gasteiger partial charge in [-0.1, -0.05) is 24.6 Å². The Morgan fingerprint density at radius 2 is 2.22 bits per heavy atom. The molecule has 0 radical (unpaired) electrons. The second kappa shape index (κ2) is 6.53. The maximum atomic E-state index is 13.0. The molecule has 1 aromatic rings. The van der Waals surface area contributed by atoms with E-state index < -0.39 is 0 Å². The van der Waals surface area contributed by atoms with Crippen molar-refractivity contribution in [3.05, 3.63) is 34.6 Å². The Morgan fingerprint density at radius 1 is 1.44 bits per heavy atom. The Bertz CT molecular complexity index is 390. The van der Waals surface area contributed by atoms with Crippen LogP contribution >= 0.6 is 11.6 Å². The van der Waals surface area contributed by atoms with E-state index in [0.717, 1.165) is 30.9 Å². The highest BCUT2D eigenvalue weighted by Gasteiger charge is 2.30. The number of benzene rings is 1. The second-order valence-electron chi connectivity index (χ2n) is 5.17. The van der Waals surface area contributed by atoms with Gasteiger partial charge < -0.3 is 5.32 Å². The van der Waals surface area contributed by atoms with Crippen LogP contribution in [0.2, 0.25) is 5.02 Å². The average molecular weight is 270 g/mol. The zero-order chi connectivity index (χ0) is 13.0. The molecule has 100 valence electrons. The van der Waals surface area contributed by atoms with Crippen LogP contribution in [0.15, 0.2) is 18.2 Å². The monoisotopic (exact) mass is 269 g/mol. The Balaban J connectivity index is 1.88. The van der Waals surface area contributed by atoms with Gasteiger partial charge in [-0.15, -0.1) is 0 Å². The molecular formula is C15H21ClFN. The van der Waals surface area contributed by atoms with E-state index in [9.17, 15) is 4.39 Å². The third-order valence-corrected chi connectivity index (χ3v) is 3.94.